The molecule has 4 heterocycles. The van der Waals surface area contributed by atoms with Gasteiger partial charge in [-0.05, 0) is 48.4 Å². The lowest BCUT2D eigenvalue weighted by Gasteiger charge is -2.20. The van der Waals surface area contributed by atoms with Crippen LogP contribution in [-0.4, -0.2) is 103 Å². The Kier molecular flexibility index (Phi) is 12.1. The van der Waals surface area contributed by atoms with Crippen LogP contribution in [0.4, 0.5) is 10.6 Å². The maximum Gasteiger partial charge on any atom is 0.317 e. The second kappa shape index (κ2) is 17.7. The van der Waals surface area contributed by atoms with Gasteiger partial charge in [-0.25, -0.2) is 19.7 Å². The zero-order valence-electron chi connectivity index (χ0n) is 31.1. The Hall–Kier alpha value is -5.96. The summed E-state index contributed by atoms with van der Waals surface area (Å²) in [5.74, 6) is -1.00. The zero-order chi connectivity index (χ0) is 39.0. The molecule has 2 saturated heterocycles. The van der Waals surface area contributed by atoms with Gasteiger partial charge in [-0.1, -0.05) is 97.1 Å². The molecule has 7 rings (SSSR count). The molecule has 290 valence electrons. The number of likely N-dealkylation sites (N-methyl/N-ethyl adjacent to an activating group) is 1. The number of ketones is 1. The van der Waals surface area contributed by atoms with Crippen LogP contribution in [0.2, 0.25) is 0 Å². The second-order valence-corrected chi connectivity index (χ2v) is 14.0. The number of anilines is 1. The minimum Gasteiger partial charge on any atom is -0.387 e. The number of aliphatic hydroxyl groups is 2. The number of benzene rings is 3. The van der Waals surface area contributed by atoms with Gasteiger partial charge in [-0.15, -0.1) is 0 Å². The van der Waals surface area contributed by atoms with Crippen LogP contribution < -0.4 is 16.0 Å². The molecule has 2 fully saturated rings. The van der Waals surface area contributed by atoms with E-state index in [2.05, 4.69) is 55.2 Å². The Morgan fingerprint density at radius 1 is 0.911 bits per heavy atom. The standard InChI is InChI=1S/C42H46N8O6/c1-2-43-40(54)36-34(52)35(53)41(56-36)50-26-46-33-38(45-24-31(29-14-8-4-9-15-29)30-16-10-5-11-17-30)47-37(48-39(33)50)32(51)19-18-28-21-23-49(25-28)42(55)44-22-20-27-12-6-3-7-13-27/h3-19,26,28,31,34-36,41,52-53H,2,20-25H2,1H3,(H,43,54)(H,44,55)(H,45,47,48)/b19-18+/t28-,34+,35-,36+,41-/m1/s1. The van der Waals surface area contributed by atoms with Gasteiger partial charge in [0.1, 0.15) is 12.2 Å². The molecule has 2 aromatic heterocycles. The summed E-state index contributed by atoms with van der Waals surface area (Å²) in [7, 11) is 0. The third-order valence-electron chi connectivity index (χ3n) is 10.2. The number of ether oxygens (including phenoxy) is 1. The second-order valence-electron chi connectivity index (χ2n) is 14.0. The number of amides is 3. The summed E-state index contributed by atoms with van der Waals surface area (Å²) in [6.45, 7) is 4.00. The molecule has 2 aliphatic heterocycles. The zero-order valence-corrected chi connectivity index (χ0v) is 31.1. The Balaban J connectivity index is 1.13. The van der Waals surface area contributed by atoms with Gasteiger partial charge >= 0.3 is 6.03 Å². The quantitative estimate of drug-likeness (QED) is 0.0824. The maximum absolute atomic E-state index is 13.8. The topological polar surface area (TPSA) is 184 Å². The van der Waals surface area contributed by atoms with E-state index < -0.39 is 36.2 Å². The number of rotatable bonds is 14. The molecule has 0 saturated carbocycles. The molecule has 0 unspecified atom stereocenters. The molecular formula is C42H46N8O6. The van der Waals surface area contributed by atoms with Crippen molar-refractivity contribution in [2.75, 3.05) is 38.0 Å². The number of allylic oxidation sites excluding steroid dienone is 1. The van der Waals surface area contributed by atoms with Gasteiger partial charge in [-0.2, -0.15) is 0 Å². The summed E-state index contributed by atoms with van der Waals surface area (Å²) in [6.07, 6.45) is 0.474. The Morgan fingerprint density at radius 3 is 2.27 bits per heavy atom. The summed E-state index contributed by atoms with van der Waals surface area (Å²) in [5, 5.41) is 30.8. The highest BCUT2D eigenvalue weighted by Gasteiger charge is 2.47. The van der Waals surface area contributed by atoms with E-state index in [9.17, 15) is 24.6 Å². The maximum atomic E-state index is 13.8. The van der Waals surface area contributed by atoms with E-state index in [0.717, 1.165) is 23.1 Å². The van der Waals surface area contributed by atoms with Gasteiger partial charge in [0.25, 0.3) is 5.91 Å². The van der Waals surface area contributed by atoms with Gasteiger partial charge in [0, 0.05) is 38.6 Å². The molecule has 14 heteroatoms. The van der Waals surface area contributed by atoms with E-state index in [0.29, 0.717) is 44.7 Å². The highest BCUT2D eigenvalue weighted by molar-refractivity contribution is 6.03. The highest BCUT2D eigenvalue weighted by atomic mass is 16.6. The molecule has 5 aromatic rings. The number of urea groups is 1. The van der Waals surface area contributed by atoms with Crippen LogP contribution in [0.1, 0.15) is 52.8 Å². The van der Waals surface area contributed by atoms with Crippen molar-refractivity contribution in [1.82, 2.24) is 35.1 Å². The van der Waals surface area contributed by atoms with Crippen molar-refractivity contribution >= 4 is 34.7 Å². The Bertz CT molecular complexity index is 2110. The molecule has 0 radical (unpaired) electrons. The number of carbonyl (C=O) groups is 3. The molecule has 5 N–H and O–H groups in total. The number of aliphatic hydroxyl groups excluding tert-OH is 2. The van der Waals surface area contributed by atoms with Gasteiger partial charge in [-0.3, -0.25) is 14.2 Å². The minimum absolute atomic E-state index is 0.0436. The van der Waals surface area contributed by atoms with E-state index in [1.54, 1.807) is 17.9 Å². The van der Waals surface area contributed by atoms with Crippen LogP contribution in [-0.2, 0) is 16.0 Å². The number of hydrogen-bond donors (Lipinski definition) is 5. The van der Waals surface area contributed by atoms with Gasteiger partial charge in [0.15, 0.2) is 29.3 Å². The molecule has 3 amide bonds. The third-order valence-corrected chi connectivity index (χ3v) is 10.2. The first-order valence-electron chi connectivity index (χ1n) is 19.0. The summed E-state index contributed by atoms with van der Waals surface area (Å²) in [4.78, 5) is 54.9. The summed E-state index contributed by atoms with van der Waals surface area (Å²) >= 11 is 0. The lowest BCUT2D eigenvalue weighted by atomic mass is 9.91. The van der Waals surface area contributed by atoms with Crippen molar-refractivity contribution in [3.8, 4) is 0 Å². The molecule has 2 aliphatic rings. The number of likely N-dealkylation sites (tertiary alicyclic amines) is 1. The van der Waals surface area contributed by atoms with Gasteiger partial charge in [0.2, 0.25) is 11.6 Å². The predicted octanol–water partition coefficient (Wildman–Crippen LogP) is 3.84. The van der Waals surface area contributed by atoms with Crippen molar-refractivity contribution in [2.45, 2.75) is 50.2 Å². The average Bonchev–Trinajstić information content (AvgIpc) is 3.96. The number of nitrogens with zero attached hydrogens (tertiary/aromatic N) is 5. The van der Waals surface area contributed by atoms with Crippen LogP contribution in [0, 0.1) is 5.92 Å². The summed E-state index contributed by atoms with van der Waals surface area (Å²) in [6, 6.07) is 29.9. The molecule has 14 nitrogen and oxygen atoms in total. The fourth-order valence-corrected chi connectivity index (χ4v) is 7.21. The monoisotopic (exact) mass is 758 g/mol. The lowest BCUT2D eigenvalue weighted by molar-refractivity contribution is -0.137. The number of hydrogen-bond acceptors (Lipinski definition) is 10. The van der Waals surface area contributed by atoms with Crippen molar-refractivity contribution in [3.63, 3.8) is 0 Å². The minimum atomic E-state index is -1.51. The van der Waals surface area contributed by atoms with E-state index in [4.69, 9.17) is 4.74 Å². The first-order valence-corrected chi connectivity index (χ1v) is 19.0. The first kappa shape index (κ1) is 38.3. The van der Waals surface area contributed by atoms with Crippen LogP contribution in [0.3, 0.4) is 0 Å². The number of aromatic nitrogens is 4. The van der Waals surface area contributed by atoms with Crippen LogP contribution in [0.15, 0.2) is 109 Å². The normalized spacial score (nSPS) is 20.9. The number of imidazole rings is 1. The fraction of sp³-hybridized carbons (Fsp3) is 0.333. The Labute approximate surface area is 324 Å². The summed E-state index contributed by atoms with van der Waals surface area (Å²) < 4.78 is 7.30. The Morgan fingerprint density at radius 2 is 1.59 bits per heavy atom. The van der Waals surface area contributed by atoms with E-state index >= 15 is 0 Å². The smallest absolute Gasteiger partial charge is 0.317 e. The third kappa shape index (κ3) is 8.62. The van der Waals surface area contributed by atoms with E-state index in [1.165, 1.54) is 17.0 Å². The van der Waals surface area contributed by atoms with Crippen molar-refractivity contribution < 1.29 is 29.3 Å². The van der Waals surface area contributed by atoms with Crippen molar-refractivity contribution in [2.24, 2.45) is 5.92 Å². The predicted molar refractivity (Wildman–Crippen MR) is 210 cm³/mol. The summed E-state index contributed by atoms with van der Waals surface area (Å²) in [5.41, 5.74) is 3.77. The van der Waals surface area contributed by atoms with Crippen LogP contribution >= 0.6 is 0 Å². The van der Waals surface area contributed by atoms with Gasteiger partial charge < -0.3 is 35.8 Å². The van der Waals surface area contributed by atoms with Crippen LogP contribution in [0.25, 0.3) is 11.2 Å². The molecular weight excluding hydrogens is 713 g/mol. The number of carbonyl (C=O) groups excluding carboxylic acids is 3. The lowest BCUT2D eigenvalue weighted by Crippen LogP contribution is -2.42. The molecule has 3 aromatic carbocycles. The van der Waals surface area contributed by atoms with Crippen molar-refractivity contribution in [3.05, 3.63) is 132 Å². The number of nitrogens with one attached hydrogen (secondary N) is 3. The SMILES string of the molecule is CCNC(=O)[C@H]1O[C@@H](n2cnc3c(NCC(c4ccccc4)c4ccccc4)nc(C(=O)/C=C/[C@@H]4CCN(C(=O)NCCc5ccccc5)C4)nc32)[C@H](O)[C@@H]1O. The molecule has 0 spiro atoms. The molecule has 56 heavy (non-hydrogen) atoms. The largest absolute Gasteiger partial charge is 0.387 e. The highest BCUT2D eigenvalue weighted by Crippen LogP contribution is 2.33. The first-order chi connectivity index (χ1) is 27.3. The molecule has 0 aliphatic carbocycles. The van der Waals surface area contributed by atoms with E-state index in [-0.39, 0.29) is 35.2 Å². The van der Waals surface area contributed by atoms with Gasteiger partial charge in [0.05, 0.1) is 6.33 Å². The van der Waals surface area contributed by atoms with E-state index in [1.807, 2.05) is 66.7 Å². The van der Waals surface area contributed by atoms with Crippen LogP contribution in [0.5, 0.6) is 0 Å². The number of fused-ring (bicyclic) bond motifs is 1. The molecule has 0 bridgehead atoms. The molecule has 5 atom stereocenters. The average molecular weight is 759 g/mol. The fourth-order valence-electron chi connectivity index (χ4n) is 7.21. The van der Waals surface area contributed by atoms with Crippen molar-refractivity contribution in [1.29, 1.82) is 0 Å².